The molecule has 0 fully saturated rings. The lowest BCUT2D eigenvalue weighted by molar-refractivity contribution is -0.116. The highest BCUT2D eigenvalue weighted by molar-refractivity contribution is 6.19. The van der Waals surface area contributed by atoms with Crippen molar-refractivity contribution in [2.24, 2.45) is 4.99 Å². The number of anilines is 2. The van der Waals surface area contributed by atoms with Crippen LogP contribution >= 0.6 is 0 Å². The number of amides is 1. The van der Waals surface area contributed by atoms with Gasteiger partial charge in [-0.05, 0) is 36.4 Å². The summed E-state index contributed by atoms with van der Waals surface area (Å²) in [4.78, 5) is 21.7. The molecule has 31 heavy (non-hydrogen) atoms. The first-order valence-corrected chi connectivity index (χ1v) is 9.43. The van der Waals surface area contributed by atoms with Gasteiger partial charge in [0.05, 0.1) is 5.71 Å². The van der Waals surface area contributed by atoms with Crippen molar-refractivity contribution in [1.29, 1.82) is 0 Å². The molecule has 2 N–H and O–H groups in total. The number of carbonyl (C=O) groups excluding carboxylic acids is 1. The fourth-order valence-corrected chi connectivity index (χ4v) is 3.17. The summed E-state index contributed by atoms with van der Waals surface area (Å²) in [6.45, 7) is 0. The number of halogens is 1. The minimum absolute atomic E-state index is 0.00884. The molecule has 1 aliphatic heterocycles. The lowest BCUT2D eigenvalue weighted by Crippen LogP contribution is -2.32. The first-order valence-electron chi connectivity index (χ1n) is 9.43. The SMILES string of the molecule is O=C1Nc2ncccc2C(c2ccccc2)=NC1Nc1nnc(-c2ccc(F)cc2)o1. The Morgan fingerprint density at radius 2 is 1.74 bits per heavy atom. The molecule has 0 radical (unpaired) electrons. The number of nitrogens with one attached hydrogen (secondary N) is 2. The number of pyridine rings is 1. The molecule has 1 amide bonds. The third kappa shape index (κ3) is 3.76. The quantitative estimate of drug-likeness (QED) is 0.530. The molecule has 2 aromatic carbocycles. The number of fused-ring (bicyclic) bond motifs is 1. The highest BCUT2D eigenvalue weighted by atomic mass is 19.1. The zero-order valence-electron chi connectivity index (χ0n) is 16.0. The van der Waals surface area contributed by atoms with Gasteiger partial charge >= 0.3 is 6.01 Å². The molecule has 0 saturated carbocycles. The lowest BCUT2D eigenvalue weighted by atomic mass is 10.0. The number of hydrogen-bond donors (Lipinski definition) is 2. The van der Waals surface area contributed by atoms with Gasteiger partial charge in [-0.1, -0.05) is 35.4 Å². The average Bonchev–Trinajstić information content (AvgIpc) is 3.21. The zero-order chi connectivity index (χ0) is 21.2. The van der Waals surface area contributed by atoms with Gasteiger partial charge < -0.3 is 15.1 Å². The minimum atomic E-state index is -1.04. The second-order valence-electron chi connectivity index (χ2n) is 6.70. The molecule has 5 rings (SSSR count). The van der Waals surface area contributed by atoms with Crippen molar-refractivity contribution >= 4 is 23.5 Å². The molecule has 9 heteroatoms. The zero-order valence-corrected chi connectivity index (χ0v) is 16.0. The number of aromatic nitrogens is 3. The summed E-state index contributed by atoms with van der Waals surface area (Å²) in [5, 5.41) is 13.5. The summed E-state index contributed by atoms with van der Waals surface area (Å²) in [6, 6.07) is 18.8. The van der Waals surface area contributed by atoms with Gasteiger partial charge in [0.15, 0.2) is 0 Å². The Labute approximate surface area is 175 Å². The summed E-state index contributed by atoms with van der Waals surface area (Å²) in [5.41, 5.74) is 2.68. The Morgan fingerprint density at radius 3 is 2.55 bits per heavy atom. The molecule has 152 valence electrons. The average molecular weight is 414 g/mol. The van der Waals surface area contributed by atoms with E-state index in [-0.39, 0.29) is 17.7 Å². The summed E-state index contributed by atoms with van der Waals surface area (Å²) in [5.74, 6) is -0.189. The summed E-state index contributed by atoms with van der Waals surface area (Å²) >= 11 is 0. The first-order chi connectivity index (χ1) is 15.2. The predicted octanol–water partition coefficient (Wildman–Crippen LogP) is 3.50. The molecule has 8 nitrogen and oxygen atoms in total. The van der Waals surface area contributed by atoms with E-state index in [2.05, 4.69) is 30.8 Å². The molecule has 4 aromatic rings. The summed E-state index contributed by atoms with van der Waals surface area (Å²) < 4.78 is 18.7. The second kappa shape index (κ2) is 7.79. The van der Waals surface area contributed by atoms with E-state index in [4.69, 9.17) is 4.42 Å². The lowest BCUT2D eigenvalue weighted by Gasteiger charge is -2.11. The van der Waals surface area contributed by atoms with Gasteiger partial charge in [0.1, 0.15) is 11.6 Å². The minimum Gasteiger partial charge on any atom is -0.403 e. The van der Waals surface area contributed by atoms with Crippen LogP contribution in [0.1, 0.15) is 11.1 Å². The van der Waals surface area contributed by atoms with Crippen molar-refractivity contribution < 1.29 is 13.6 Å². The number of aliphatic imine (C=N–C) groups is 1. The van der Waals surface area contributed by atoms with Crippen molar-refractivity contribution in [3.8, 4) is 11.5 Å². The molecule has 2 aromatic heterocycles. The van der Waals surface area contributed by atoms with Crippen molar-refractivity contribution in [2.75, 3.05) is 10.6 Å². The maximum atomic E-state index is 13.1. The monoisotopic (exact) mass is 414 g/mol. The molecule has 3 heterocycles. The Bertz CT molecular complexity index is 1270. The molecule has 0 bridgehead atoms. The van der Waals surface area contributed by atoms with Crippen LogP contribution in [0.15, 0.2) is 82.3 Å². The summed E-state index contributed by atoms with van der Waals surface area (Å²) in [6.07, 6.45) is 0.563. The van der Waals surface area contributed by atoms with Gasteiger partial charge in [-0.15, -0.1) is 5.10 Å². The van der Waals surface area contributed by atoms with Gasteiger partial charge in [0.25, 0.3) is 5.91 Å². The van der Waals surface area contributed by atoms with Crippen molar-refractivity contribution in [3.63, 3.8) is 0 Å². The van der Waals surface area contributed by atoms with Gasteiger partial charge in [-0.25, -0.2) is 14.4 Å². The molecule has 0 spiro atoms. The molecular formula is C22H15FN6O2. The number of rotatable bonds is 4. The van der Waals surface area contributed by atoms with E-state index in [0.717, 1.165) is 5.56 Å². The van der Waals surface area contributed by atoms with Crippen LogP contribution in [0.4, 0.5) is 16.2 Å². The van der Waals surface area contributed by atoms with E-state index in [9.17, 15) is 9.18 Å². The topological polar surface area (TPSA) is 105 Å². The van der Waals surface area contributed by atoms with Crippen LogP contribution in [0, 0.1) is 5.82 Å². The van der Waals surface area contributed by atoms with E-state index >= 15 is 0 Å². The number of nitrogens with zero attached hydrogens (tertiary/aromatic N) is 4. The van der Waals surface area contributed by atoms with Crippen molar-refractivity contribution in [3.05, 3.63) is 89.9 Å². The first kappa shape index (κ1) is 18.6. The Kier molecular flexibility index (Phi) is 4.68. The van der Waals surface area contributed by atoms with Gasteiger partial charge in [0, 0.05) is 22.9 Å². The van der Waals surface area contributed by atoms with E-state index < -0.39 is 12.1 Å². The molecule has 0 saturated heterocycles. The molecule has 1 unspecified atom stereocenters. The summed E-state index contributed by atoms with van der Waals surface area (Å²) in [7, 11) is 0. The fraction of sp³-hybridized carbons (Fsp3) is 0.0455. The maximum Gasteiger partial charge on any atom is 0.317 e. The van der Waals surface area contributed by atoms with Crippen LogP contribution in [0.3, 0.4) is 0 Å². The third-order valence-corrected chi connectivity index (χ3v) is 4.63. The van der Waals surface area contributed by atoms with Crippen LogP contribution in [-0.4, -0.2) is 33.0 Å². The molecular weight excluding hydrogens is 399 g/mol. The third-order valence-electron chi connectivity index (χ3n) is 4.63. The van der Waals surface area contributed by atoms with Crippen LogP contribution in [0.2, 0.25) is 0 Å². The number of carbonyl (C=O) groups is 1. The van der Waals surface area contributed by atoms with Crippen LogP contribution in [-0.2, 0) is 4.79 Å². The largest absolute Gasteiger partial charge is 0.403 e. The molecule has 1 atom stereocenters. The Morgan fingerprint density at radius 1 is 0.935 bits per heavy atom. The fourth-order valence-electron chi connectivity index (χ4n) is 3.17. The van der Waals surface area contributed by atoms with E-state index in [1.165, 1.54) is 24.3 Å². The normalized spacial score (nSPS) is 15.5. The van der Waals surface area contributed by atoms with Crippen molar-refractivity contribution in [1.82, 2.24) is 15.2 Å². The van der Waals surface area contributed by atoms with Crippen LogP contribution in [0.25, 0.3) is 11.5 Å². The molecule has 0 aliphatic carbocycles. The standard InChI is InChI=1S/C22H15FN6O2/c23-15-10-8-14(9-11-15)21-28-29-22(31-21)27-19-20(30)26-18-16(7-4-12-24-18)17(25-19)13-5-2-1-3-6-13/h1-12,19H,(H,27,29)(H,24,26,30). The number of hydrogen-bond acceptors (Lipinski definition) is 7. The maximum absolute atomic E-state index is 13.1. The van der Waals surface area contributed by atoms with Crippen LogP contribution in [0.5, 0.6) is 0 Å². The van der Waals surface area contributed by atoms with Gasteiger partial charge in [-0.3, -0.25) is 4.79 Å². The van der Waals surface area contributed by atoms with Gasteiger partial charge in [-0.2, -0.15) is 0 Å². The van der Waals surface area contributed by atoms with Crippen LogP contribution < -0.4 is 10.6 Å². The Hall–Kier alpha value is -4.40. The van der Waals surface area contributed by atoms with E-state index in [0.29, 0.717) is 22.7 Å². The highest BCUT2D eigenvalue weighted by Crippen LogP contribution is 2.24. The highest BCUT2D eigenvalue weighted by Gasteiger charge is 2.27. The van der Waals surface area contributed by atoms with E-state index in [1.807, 2.05) is 36.4 Å². The predicted molar refractivity (Wildman–Crippen MR) is 112 cm³/mol. The second-order valence-corrected chi connectivity index (χ2v) is 6.70. The Balaban J connectivity index is 1.49. The van der Waals surface area contributed by atoms with Crippen molar-refractivity contribution in [2.45, 2.75) is 6.17 Å². The van der Waals surface area contributed by atoms with E-state index in [1.54, 1.807) is 12.3 Å². The number of benzene rings is 2. The smallest absolute Gasteiger partial charge is 0.317 e. The molecule has 1 aliphatic rings. The van der Waals surface area contributed by atoms with Gasteiger partial charge in [0.2, 0.25) is 12.1 Å².